The minimum atomic E-state index is 0.0346. The zero-order chi connectivity index (χ0) is 12.1. The molecule has 2 aromatic rings. The van der Waals surface area contributed by atoms with Crippen LogP contribution in [0.4, 0.5) is 0 Å². The Morgan fingerprint density at radius 1 is 1.24 bits per heavy atom. The molecule has 0 atom stereocenters. The summed E-state index contributed by atoms with van der Waals surface area (Å²) in [7, 11) is 0. The highest BCUT2D eigenvalue weighted by Gasteiger charge is 2.05. The molecule has 0 aliphatic carbocycles. The zero-order valence-corrected chi connectivity index (χ0v) is 9.30. The van der Waals surface area contributed by atoms with E-state index in [0.29, 0.717) is 12.0 Å². The first-order valence-electron chi connectivity index (χ1n) is 5.40. The molecule has 2 rings (SSSR count). The number of aliphatic hydroxyl groups is 1. The van der Waals surface area contributed by atoms with E-state index in [4.69, 9.17) is 10.4 Å². The van der Waals surface area contributed by atoms with Crippen LogP contribution in [-0.2, 0) is 6.42 Å². The summed E-state index contributed by atoms with van der Waals surface area (Å²) in [6.45, 7) is 0.0346. The lowest BCUT2D eigenvalue weighted by molar-refractivity contribution is 0.299. The Bertz CT molecular complexity index is 544. The molecule has 0 amide bonds. The molecule has 1 aromatic carbocycles. The number of nitrogens with zero attached hydrogens (tertiary/aromatic N) is 2. The minimum absolute atomic E-state index is 0.0346. The Morgan fingerprint density at radius 2 is 2.00 bits per heavy atom. The second kappa shape index (κ2) is 5.24. The van der Waals surface area contributed by atoms with Crippen LogP contribution in [0.1, 0.15) is 11.1 Å². The van der Waals surface area contributed by atoms with Crippen LogP contribution >= 0.6 is 0 Å². The van der Waals surface area contributed by atoms with Crippen LogP contribution < -0.4 is 0 Å². The van der Waals surface area contributed by atoms with Crippen LogP contribution in [0.5, 0.6) is 0 Å². The van der Waals surface area contributed by atoms with Gasteiger partial charge in [0.05, 0.1) is 11.3 Å². The Kier molecular flexibility index (Phi) is 3.49. The van der Waals surface area contributed by atoms with Gasteiger partial charge in [-0.3, -0.25) is 4.98 Å². The van der Waals surface area contributed by atoms with Crippen molar-refractivity contribution in [3.63, 3.8) is 0 Å². The number of benzene rings is 1. The maximum Gasteiger partial charge on any atom is 0.101 e. The molecule has 0 unspecified atom stereocenters. The third-order valence-electron chi connectivity index (χ3n) is 2.56. The second-order valence-corrected chi connectivity index (χ2v) is 3.68. The highest BCUT2D eigenvalue weighted by Crippen LogP contribution is 2.19. The third kappa shape index (κ3) is 2.49. The van der Waals surface area contributed by atoms with E-state index in [1.165, 1.54) is 0 Å². The third-order valence-corrected chi connectivity index (χ3v) is 2.56. The van der Waals surface area contributed by atoms with Crippen LogP contribution in [0.25, 0.3) is 11.3 Å². The fraction of sp³-hybridized carbons (Fsp3) is 0.143. The van der Waals surface area contributed by atoms with E-state index in [1.807, 2.05) is 36.4 Å². The summed E-state index contributed by atoms with van der Waals surface area (Å²) >= 11 is 0. The Morgan fingerprint density at radius 3 is 2.65 bits per heavy atom. The first-order valence-corrected chi connectivity index (χ1v) is 5.40. The lowest BCUT2D eigenvalue weighted by atomic mass is 10.0. The number of aromatic nitrogens is 1. The van der Waals surface area contributed by atoms with Crippen molar-refractivity contribution < 1.29 is 5.11 Å². The largest absolute Gasteiger partial charge is 0.396 e. The quantitative estimate of drug-likeness (QED) is 0.869. The van der Waals surface area contributed by atoms with Crippen molar-refractivity contribution >= 4 is 0 Å². The van der Waals surface area contributed by atoms with Crippen molar-refractivity contribution in [2.24, 2.45) is 0 Å². The predicted octanol–water partition coefficient (Wildman–Crippen LogP) is 2.16. The standard InChI is InChI=1S/C14H12N2O/c15-9-13-10-16-14(8-12(13)6-7-17)11-4-2-1-3-5-11/h1-5,8,10,17H,6-7H2. The van der Waals surface area contributed by atoms with Gasteiger partial charge in [-0.15, -0.1) is 0 Å². The molecule has 0 spiro atoms. The summed E-state index contributed by atoms with van der Waals surface area (Å²) in [5.74, 6) is 0. The number of pyridine rings is 1. The van der Waals surface area contributed by atoms with Gasteiger partial charge in [0.15, 0.2) is 0 Å². The lowest BCUT2D eigenvalue weighted by Crippen LogP contribution is -1.97. The van der Waals surface area contributed by atoms with Gasteiger partial charge in [-0.25, -0.2) is 0 Å². The summed E-state index contributed by atoms with van der Waals surface area (Å²) in [6.07, 6.45) is 2.04. The van der Waals surface area contributed by atoms with Gasteiger partial charge < -0.3 is 5.11 Å². The maximum absolute atomic E-state index is 8.97. The molecule has 1 heterocycles. The van der Waals surface area contributed by atoms with E-state index in [-0.39, 0.29) is 6.61 Å². The lowest BCUT2D eigenvalue weighted by Gasteiger charge is -2.05. The highest BCUT2D eigenvalue weighted by atomic mass is 16.2. The van der Waals surface area contributed by atoms with E-state index in [2.05, 4.69) is 11.1 Å². The number of nitriles is 1. The van der Waals surface area contributed by atoms with Gasteiger partial charge in [-0.05, 0) is 18.1 Å². The Hall–Kier alpha value is -2.18. The molecule has 0 saturated heterocycles. The molecule has 0 aliphatic heterocycles. The molecule has 3 nitrogen and oxygen atoms in total. The average molecular weight is 224 g/mol. The zero-order valence-electron chi connectivity index (χ0n) is 9.30. The fourth-order valence-corrected chi connectivity index (χ4v) is 1.69. The maximum atomic E-state index is 8.97. The van der Waals surface area contributed by atoms with Crippen molar-refractivity contribution in [1.29, 1.82) is 5.26 Å². The molecule has 0 bridgehead atoms. The van der Waals surface area contributed by atoms with Crippen LogP contribution in [0, 0.1) is 11.3 Å². The first-order chi connectivity index (χ1) is 8.35. The van der Waals surface area contributed by atoms with E-state index in [9.17, 15) is 0 Å². The van der Waals surface area contributed by atoms with Gasteiger partial charge in [-0.1, -0.05) is 30.3 Å². The van der Waals surface area contributed by atoms with Crippen molar-refractivity contribution in [3.8, 4) is 17.3 Å². The van der Waals surface area contributed by atoms with Gasteiger partial charge in [0, 0.05) is 18.4 Å². The highest BCUT2D eigenvalue weighted by molar-refractivity contribution is 5.60. The summed E-state index contributed by atoms with van der Waals surface area (Å²) < 4.78 is 0. The summed E-state index contributed by atoms with van der Waals surface area (Å²) in [4.78, 5) is 4.26. The first kappa shape index (κ1) is 11.3. The summed E-state index contributed by atoms with van der Waals surface area (Å²) in [5, 5.41) is 17.9. The molecule has 0 saturated carbocycles. The van der Waals surface area contributed by atoms with Crippen LogP contribution in [-0.4, -0.2) is 16.7 Å². The minimum Gasteiger partial charge on any atom is -0.396 e. The summed E-state index contributed by atoms with van der Waals surface area (Å²) in [6, 6.07) is 13.7. The van der Waals surface area contributed by atoms with Gasteiger partial charge in [0.25, 0.3) is 0 Å². The van der Waals surface area contributed by atoms with Crippen LogP contribution in [0.15, 0.2) is 42.6 Å². The van der Waals surface area contributed by atoms with Gasteiger partial charge >= 0.3 is 0 Å². The monoisotopic (exact) mass is 224 g/mol. The molecule has 0 aliphatic rings. The van der Waals surface area contributed by atoms with Gasteiger partial charge in [-0.2, -0.15) is 5.26 Å². The number of aliphatic hydroxyl groups excluding tert-OH is 1. The van der Waals surface area contributed by atoms with Crippen molar-refractivity contribution in [1.82, 2.24) is 4.98 Å². The Labute approximate surface area is 100.0 Å². The SMILES string of the molecule is N#Cc1cnc(-c2ccccc2)cc1CCO. The van der Waals surface area contributed by atoms with E-state index < -0.39 is 0 Å². The van der Waals surface area contributed by atoms with Gasteiger partial charge in [0.2, 0.25) is 0 Å². The number of rotatable bonds is 3. The van der Waals surface area contributed by atoms with Crippen LogP contribution in [0.2, 0.25) is 0 Å². The molecular formula is C14H12N2O. The van der Waals surface area contributed by atoms with E-state index >= 15 is 0 Å². The molecule has 3 heteroatoms. The predicted molar refractivity (Wildman–Crippen MR) is 65.2 cm³/mol. The molecule has 84 valence electrons. The van der Waals surface area contributed by atoms with E-state index in [0.717, 1.165) is 16.8 Å². The molecule has 0 fully saturated rings. The molecule has 1 aromatic heterocycles. The smallest absolute Gasteiger partial charge is 0.101 e. The normalized spacial score (nSPS) is 9.88. The topological polar surface area (TPSA) is 56.9 Å². The number of hydrogen-bond acceptors (Lipinski definition) is 3. The molecule has 1 N–H and O–H groups in total. The van der Waals surface area contributed by atoms with Crippen LogP contribution in [0.3, 0.4) is 0 Å². The van der Waals surface area contributed by atoms with Crippen molar-refractivity contribution in [3.05, 3.63) is 53.7 Å². The summed E-state index contributed by atoms with van der Waals surface area (Å²) in [5.41, 5.74) is 3.20. The second-order valence-electron chi connectivity index (χ2n) is 3.68. The van der Waals surface area contributed by atoms with Gasteiger partial charge in [0.1, 0.15) is 6.07 Å². The molecular weight excluding hydrogens is 212 g/mol. The van der Waals surface area contributed by atoms with Crippen molar-refractivity contribution in [2.75, 3.05) is 6.61 Å². The Balaban J connectivity index is 2.45. The van der Waals surface area contributed by atoms with Crippen molar-refractivity contribution in [2.45, 2.75) is 6.42 Å². The molecule has 0 radical (unpaired) electrons. The van der Waals surface area contributed by atoms with E-state index in [1.54, 1.807) is 6.20 Å². The number of hydrogen-bond donors (Lipinski definition) is 1. The average Bonchev–Trinajstić information content (AvgIpc) is 2.40. The molecule has 17 heavy (non-hydrogen) atoms. The fourth-order valence-electron chi connectivity index (χ4n) is 1.69.